The second-order valence-electron chi connectivity index (χ2n) is 5.91. The molecule has 0 aliphatic carbocycles. The van der Waals surface area contributed by atoms with Gasteiger partial charge in [0.05, 0.1) is 12.5 Å². The number of benzene rings is 1. The number of nitrogens with zero attached hydrogens (tertiary/aromatic N) is 2. The molecule has 0 aromatic heterocycles. The minimum Gasteiger partial charge on any atom is -0.295 e. The van der Waals surface area contributed by atoms with Gasteiger partial charge in [0.2, 0.25) is 0 Å². The van der Waals surface area contributed by atoms with Gasteiger partial charge in [-0.2, -0.15) is 5.26 Å². The van der Waals surface area contributed by atoms with E-state index in [1.807, 2.05) is 6.07 Å². The molecule has 1 aromatic rings. The van der Waals surface area contributed by atoms with Crippen LogP contribution in [0.3, 0.4) is 0 Å². The van der Waals surface area contributed by atoms with E-state index in [0.717, 1.165) is 24.9 Å². The van der Waals surface area contributed by atoms with Crippen molar-refractivity contribution in [3.63, 3.8) is 0 Å². The maximum absolute atomic E-state index is 9.09. The van der Waals surface area contributed by atoms with E-state index in [2.05, 4.69) is 49.1 Å². The fraction of sp³-hybridized carbons (Fsp3) is 0.588. The van der Waals surface area contributed by atoms with Crippen molar-refractivity contribution < 1.29 is 0 Å². The van der Waals surface area contributed by atoms with Crippen LogP contribution in [-0.2, 0) is 0 Å². The van der Waals surface area contributed by atoms with Crippen molar-refractivity contribution in [2.45, 2.75) is 39.2 Å². The molecule has 102 valence electrons. The molecule has 1 heterocycles. The lowest BCUT2D eigenvalue weighted by Crippen LogP contribution is -2.37. The third kappa shape index (κ3) is 3.58. The van der Waals surface area contributed by atoms with Crippen LogP contribution in [0.5, 0.6) is 0 Å². The van der Waals surface area contributed by atoms with Crippen molar-refractivity contribution in [3.8, 4) is 6.07 Å². The van der Waals surface area contributed by atoms with Crippen molar-refractivity contribution in [1.82, 2.24) is 4.90 Å². The van der Waals surface area contributed by atoms with Crippen molar-refractivity contribution >= 4 is 0 Å². The van der Waals surface area contributed by atoms with E-state index >= 15 is 0 Å². The van der Waals surface area contributed by atoms with Crippen LogP contribution in [-0.4, -0.2) is 18.0 Å². The molecule has 1 aliphatic rings. The van der Waals surface area contributed by atoms with Crippen LogP contribution in [0.2, 0.25) is 0 Å². The summed E-state index contributed by atoms with van der Waals surface area (Å²) in [6, 6.07) is 13.1. The van der Waals surface area contributed by atoms with E-state index < -0.39 is 0 Å². The second-order valence-corrected chi connectivity index (χ2v) is 5.91. The van der Waals surface area contributed by atoms with Crippen LogP contribution in [0.4, 0.5) is 0 Å². The molecular weight excluding hydrogens is 232 g/mol. The van der Waals surface area contributed by atoms with Gasteiger partial charge < -0.3 is 0 Å². The Morgan fingerprint density at radius 1 is 1.21 bits per heavy atom. The van der Waals surface area contributed by atoms with Crippen LogP contribution < -0.4 is 0 Å². The van der Waals surface area contributed by atoms with Crippen molar-refractivity contribution in [2.75, 3.05) is 13.1 Å². The summed E-state index contributed by atoms with van der Waals surface area (Å²) in [5.41, 5.74) is 1.28. The van der Waals surface area contributed by atoms with Gasteiger partial charge in [-0.05, 0) is 43.3 Å². The van der Waals surface area contributed by atoms with E-state index in [-0.39, 0.29) is 6.04 Å². The van der Waals surface area contributed by atoms with E-state index in [1.165, 1.54) is 18.4 Å². The third-order valence-corrected chi connectivity index (χ3v) is 4.43. The summed E-state index contributed by atoms with van der Waals surface area (Å²) in [6.07, 6.45) is 3.13. The topological polar surface area (TPSA) is 27.0 Å². The molecule has 19 heavy (non-hydrogen) atoms. The van der Waals surface area contributed by atoms with Gasteiger partial charge in [-0.3, -0.25) is 4.90 Å². The first-order chi connectivity index (χ1) is 9.22. The number of piperidine rings is 1. The van der Waals surface area contributed by atoms with Crippen LogP contribution in [0.25, 0.3) is 0 Å². The van der Waals surface area contributed by atoms with Crippen molar-refractivity contribution in [3.05, 3.63) is 35.9 Å². The van der Waals surface area contributed by atoms with E-state index in [9.17, 15) is 0 Å². The quantitative estimate of drug-likeness (QED) is 0.814. The number of rotatable bonds is 4. The molecule has 1 fully saturated rings. The molecule has 0 spiro atoms. The summed E-state index contributed by atoms with van der Waals surface area (Å²) in [7, 11) is 0. The molecule has 1 aliphatic heterocycles. The van der Waals surface area contributed by atoms with Gasteiger partial charge >= 0.3 is 0 Å². The van der Waals surface area contributed by atoms with Gasteiger partial charge in [-0.1, -0.05) is 44.2 Å². The maximum atomic E-state index is 9.09. The molecule has 0 amide bonds. The molecule has 0 N–H and O–H groups in total. The average Bonchev–Trinajstić information content (AvgIpc) is 2.46. The first-order valence-corrected chi connectivity index (χ1v) is 7.38. The fourth-order valence-electron chi connectivity index (χ4n) is 3.12. The minimum absolute atomic E-state index is 0.277. The number of hydrogen-bond donors (Lipinski definition) is 0. The van der Waals surface area contributed by atoms with Crippen LogP contribution in [0.1, 0.15) is 44.7 Å². The number of hydrogen-bond acceptors (Lipinski definition) is 2. The lowest BCUT2D eigenvalue weighted by molar-refractivity contribution is 0.116. The van der Waals surface area contributed by atoms with Gasteiger partial charge in [-0.25, -0.2) is 0 Å². The summed E-state index contributed by atoms with van der Waals surface area (Å²) in [4.78, 5) is 2.50. The smallest absolute Gasteiger partial charge is 0.0641 e. The molecular formula is C17H24N2. The highest BCUT2D eigenvalue weighted by atomic mass is 15.2. The third-order valence-electron chi connectivity index (χ3n) is 4.43. The zero-order valence-corrected chi connectivity index (χ0v) is 12.0. The first kappa shape index (κ1) is 14.1. The van der Waals surface area contributed by atoms with Crippen LogP contribution in [0, 0.1) is 23.2 Å². The largest absolute Gasteiger partial charge is 0.295 e. The predicted octanol–water partition coefficient (Wildman–Crippen LogP) is 4.01. The standard InChI is InChI=1S/C17H24N2/c1-14(2)15-9-12-19(13-10-15)17(8-11-18)16-6-4-3-5-7-16/h3-7,14-15,17H,8-10,12-13H2,1-2H3. The molecule has 2 rings (SSSR count). The molecule has 1 unspecified atom stereocenters. The Bertz CT molecular complexity index is 411. The molecule has 0 radical (unpaired) electrons. The Morgan fingerprint density at radius 2 is 1.84 bits per heavy atom. The van der Waals surface area contributed by atoms with Crippen LogP contribution in [0.15, 0.2) is 30.3 Å². The monoisotopic (exact) mass is 256 g/mol. The Labute approximate surface area is 117 Å². The van der Waals surface area contributed by atoms with Gasteiger partial charge in [-0.15, -0.1) is 0 Å². The van der Waals surface area contributed by atoms with Crippen molar-refractivity contribution in [1.29, 1.82) is 5.26 Å². The lowest BCUT2D eigenvalue weighted by atomic mass is 9.85. The Balaban J connectivity index is 2.04. The Morgan fingerprint density at radius 3 is 2.37 bits per heavy atom. The fourth-order valence-corrected chi connectivity index (χ4v) is 3.12. The molecule has 2 heteroatoms. The van der Waals surface area contributed by atoms with Crippen LogP contribution >= 0.6 is 0 Å². The van der Waals surface area contributed by atoms with Gasteiger partial charge in [0, 0.05) is 6.04 Å². The van der Waals surface area contributed by atoms with E-state index in [0.29, 0.717) is 6.42 Å². The van der Waals surface area contributed by atoms with Gasteiger partial charge in [0.1, 0.15) is 0 Å². The van der Waals surface area contributed by atoms with Gasteiger partial charge in [0.25, 0.3) is 0 Å². The normalized spacial score (nSPS) is 19.3. The Kier molecular flexibility index (Phi) is 4.99. The SMILES string of the molecule is CC(C)C1CCN(C(CC#N)c2ccccc2)CC1. The van der Waals surface area contributed by atoms with Crippen molar-refractivity contribution in [2.24, 2.45) is 11.8 Å². The van der Waals surface area contributed by atoms with E-state index in [1.54, 1.807) is 0 Å². The predicted molar refractivity (Wildman–Crippen MR) is 78.5 cm³/mol. The Hall–Kier alpha value is -1.33. The maximum Gasteiger partial charge on any atom is 0.0641 e. The number of likely N-dealkylation sites (tertiary alicyclic amines) is 1. The molecule has 1 aromatic carbocycles. The summed E-state index contributed by atoms with van der Waals surface area (Å²) < 4.78 is 0. The highest BCUT2D eigenvalue weighted by Crippen LogP contribution is 2.31. The highest BCUT2D eigenvalue weighted by Gasteiger charge is 2.27. The van der Waals surface area contributed by atoms with E-state index in [4.69, 9.17) is 5.26 Å². The summed E-state index contributed by atoms with van der Waals surface area (Å²) in [5.74, 6) is 1.64. The zero-order chi connectivity index (χ0) is 13.7. The summed E-state index contributed by atoms with van der Waals surface area (Å²) >= 11 is 0. The highest BCUT2D eigenvalue weighted by molar-refractivity contribution is 5.20. The first-order valence-electron chi connectivity index (χ1n) is 7.38. The molecule has 1 atom stereocenters. The summed E-state index contributed by atoms with van der Waals surface area (Å²) in [5, 5.41) is 9.09. The minimum atomic E-state index is 0.277. The molecule has 0 bridgehead atoms. The lowest BCUT2D eigenvalue weighted by Gasteiger charge is -2.38. The number of nitriles is 1. The molecule has 0 saturated carbocycles. The molecule has 2 nitrogen and oxygen atoms in total. The average molecular weight is 256 g/mol. The summed E-state index contributed by atoms with van der Waals surface area (Å²) in [6.45, 7) is 6.91. The molecule has 1 saturated heterocycles. The second kappa shape index (κ2) is 6.73. The zero-order valence-electron chi connectivity index (χ0n) is 12.0. The van der Waals surface area contributed by atoms with Gasteiger partial charge in [0.15, 0.2) is 0 Å².